The van der Waals surface area contributed by atoms with Crippen molar-refractivity contribution in [1.29, 1.82) is 0 Å². The second kappa shape index (κ2) is 7.29. The van der Waals surface area contributed by atoms with Crippen molar-refractivity contribution in [2.24, 2.45) is 0 Å². The highest BCUT2D eigenvalue weighted by Gasteiger charge is 2.53. The van der Waals surface area contributed by atoms with Gasteiger partial charge in [0.25, 0.3) is 0 Å². The Morgan fingerprint density at radius 3 is 2.42 bits per heavy atom. The molecule has 0 saturated heterocycles. The third kappa shape index (κ3) is 2.90. The highest BCUT2D eigenvalue weighted by molar-refractivity contribution is 6.30. The fourth-order valence-electron chi connectivity index (χ4n) is 4.63. The van der Waals surface area contributed by atoms with Gasteiger partial charge in [-0.15, -0.1) is 0 Å². The van der Waals surface area contributed by atoms with Crippen molar-refractivity contribution in [2.75, 3.05) is 12.4 Å². The molecule has 1 spiro atoms. The van der Waals surface area contributed by atoms with Gasteiger partial charge in [-0.1, -0.05) is 41.9 Å². The van der Waals surface area contributed by atoms with E-state index in [1.165, 1.54) is 0 Å². The number of anilines is 2. The number of carbonyl (C=O) groups is 1. The minimum atomic E-state index is -1.11. The molecule has 1 atom stereocenters. The molecule has 0 amide bonds. The molecule has 0 fully saturated rings. The standard InChI is InChI=1S/C27H18ClNO4/c1-31-23-9-5-4-8-22(23)29-17-11-13-21-25(15-17)32-24-14-16(28)10-12-20(24)27(21)19-7-3-2-6-18(19)26(30)33-27/h2-15,29H,1H3. The summed E-state index contributed by atoms with van der Waals surface area (Å²) in [4.78, 5) is 12.9. The van der Waals surface area contributed by atoms with Gasteiger partial charge in [0.15, 0.2) is 5.60 Å². The van der Waals surface area contributed by atoms with Crippen LogP contribution in [0.3, 0.4) is 0 Å². The van der Waals surface area contributed by atoms with Crippen LogP contribution in [-0.2, 0) is 10.3 Å². The number of nitrogens with one attached hydrogen (secondary N) is 1. The van der Waals surface area contributed by atoms with E-state index in [9.17, 15) is 4.79 Å². The quantitative estimate of drug-likeness (QED) is 0.350. The van der Waals surface area contributed by atoms with E-state index in [0.717, 1.165) is 33.8 Å². The minimum Gasteiger partial charge on any atom is -0.495 e. The van der Waals surface area contributed by atoms with Crippen molar-refractivity contribution in [3.8, 4) is 17.2 Å². The summed E-state index contributed by atoms with van der Waals surface area (Å²) in [7, 11) is 1.63. The zero-order chi connectivity index (χ0) is 22.6. The second-order valence-corrected chi connectivity index (χ2v) is 8.33. The number of rotatable bonds is 3. The summed E-state index contributed by atoms with van der Waals surface area (Å²) in [5.41, 5.74) is 3.34. The first-order chi connectivity index (χ1) is 16.1. The van der Waals surface area contributed by atoms with Crippen LogP contribution in [0.2, 0.25) is 5.02 Å². The Hall–Kier alpha value is -3.96. The van der Waals surface area contributed by atoms with E-state index in [1.807, 2.05) is 66.7 Å². The van der Waals surface area contributed by atoms with E-state index >= 15 is 0 Å². The Balaban J connectivity index is 1.54. The Morgan fingerprint density at radius 2 is 1.58 bits per heavy atom. The van der Waals surface area contributed by atoms with Crippen molar-refractivity contribution in [1.82, 2.24) is 0 Å². The molecular formula is C27H18ClNO4. The minimum absolute atomic E-state index is 0.365. The van der Waals surface area contributed by atoms with Gasteiger partial charge in [0.2, 0.25) is 0 Å². The first-order valence-corrected chi connectivity index (χ1v) is 10.8. The summed E-state index contributed by atoms with van der Waals surface area (Å²) in [5.74, 6) is 1.49. The topological polar surface area (TPSA) is 56.8 Å². The third-order valence-electron chi connectivity index (χ3n) is 6.06. The molecule has 0 bridgehead atoms. The van der Waals surface area contributed by atoms with Crippen molar-refractivity contribution >= 4 is 28.9 Å². The van der Waals surface area contributed by atoms with Crippen LogP contribution in [0.1, 0.15) is 27.0 Å². The van der Waals surface area contributed by atoms with Crippen molar-refractivity contribution in [3.63, 3.8) is 0 Å². The van der Waals surface area contributed by atoms with E-state index in [1.54, 1.807) is 25.3 Å². The van der Waals surface area contributed by atoms with Crippen LogP contribution in [0, 0.1) is 0 Å². The third-order valence-corrected chi connectivity index (χ3v) is 6.30. The number of carbonyl (C=O) groups excluding carboxylic acids is 1. The number of fused-ring (bicyclic) bond motifs is 6. The summed E-state index contributed by atoms with van der Waals surface area (Å²) in [5, 5.41) is 3.91. The average Bonchev–Trinajstić information content (AvgIpc) is 3.12. The molecule has 162 valence electrons. The van der Waals surface area contributed by atoms with Crippen molar-refractivity contribution in [3.05, 3.63) is 112 Å². The Bertz CT molecular complexity index is 1430. The van der Waals surface area contributed by atoms with Gasteiger partial charge in [-0.3, -0.25) is 0 Å². The number of hydrogen-bond donors (Lipinski definition) is 1. The number of esters is 1. The highest BCUT2D eigenvalue weighted by Crippen LogP contribution is 2.56. The lowest BCUT2D eigenvalue weighted by atomic mass is 9.77. The van der Waals surface area contributed by atoms with Gasteiger partial charge < -0.3 is 19.5 Å². The number of methoxy groups -OCH3 is 1. The normalized spacial score (nSPS) is 17.5. The summed E-state index contributed by atoms with van der Waals surface area (Å²) in [6.07, 6.45) is 0. The van der Waals surface area contributed by atoms with Gasteiger partial charge in [-0.05, 0) is 48.5 Å². The molecule has 5 nitrogen and oxygen atoms in total. The van der Waals surface area contributed by atoms with Gasteiger partial charge in [0.05, 0.1) is 18.4 Å². The summed E-state index contributed by atoms with van der Waals surface area (Å²) < 4.78 is 17.9. The maximum atomic E-state index is 12.9. The van der Waals surface area contributed by atoms with Crippen LogP contribution in [0.4, 0.5) is 11.4 Å². The molecule has 1 N–H and O–H groups in total. The van der Waals surface area contributed by atoms with Crippen LogP contribution in [0.25, 0.3) is 0 Å². The lowest BCUT2D eigenvalue weighted by Crippen LogP contribution is -2.33. The van der Waals surface area contributed by atoms with E-state index in [-0.39, 0.29) is 5.97 Å². The van der Waals surface area contributed by atoms with Crippen LogP contribution >= 0.6 is 11.6 Å². The monoisotopic (exact) mass is 455 g/mol. The van der Waals surface area contributed by atoms with E-state index in [2.05, 4.69) is 5.32 Å². The van der Waals surface area contributed by atoms with E-state index in [0.29, 0.717) is 22.1 Å². The number of para-hydroxylation sites is 2. The lowest BCUT2D eigenvalue weighted by Gasteiger charge is -2.36. The van der Waals surface area contributed by atoms with Crippen LogP contribution < -0.4 is 14.8 Å². The first-order valence-electron chi connectivity index (χ1n) is 10.5. The predicted molar refractivity (Wildman–Crippen MR) is 126 cm³/mol. The Labute approximate surface area is 195 Å². The van der Waals surface area contributed by atoms with Gasteiger partial charge in [0.1, 0.15) is 17.2 Å². The molecule has 4 aromatic carbocycles. The zero-order valence-corrected chi connectivity index (χ0v) is 18.3. The Kier molecular flexibility index (Phi) is 4.35. The van der Waals surface area contributed by atoms with E-state index in [4.69, 9.17) is 25.8 Å². The molecule has 2 heterocycles. The molecule has 2 aliphatic rings. The summed E-state index contributed by atoms with van der Waals surface area (Å²) in [6.45, 7) is 0. The largest absolute Gasteiger partial charge is 0.495 e. The SMILES string of the molecule is COc1ccccc1Nc1ccc2c(c1)Oc1cc(Cl)ccc1C21OC(=O)c2ccccc21. The molecule has 1 unspecified atom stereocenters. The van der Waals surface area contributed by atoms with Gasteiger partial charge >= 0.3 is 5.97 Å². The molecule has 0 aromatic heterocycles. The predicted octanol–water partition coefficient (Wildman–Crippen LogP) is 6.66. The Morgan fingerprint density at radius 1 is 0.848 bits per heavy atom. The average molecular weight is 456 g/mol. The summed E-state index contributed by atoms with van der Waals surface area (Å²) >= 11 is 6.29. The van der Waals surface area contributed by atoms with Gasteiger partial charge in [-0.25, -0.2) is 4.79 Å². The molecule has 0 saturated carbocycles. The molecule has 0 radical (unpaired) electrons. The molecular weight excluding hydrogens is 438 g/mol. The molecule has 4 aromatic rings. The van der Waals surface area contributed by atoms with Crippen LogP contribution in [-0.4, -0.2) is 13.1 Å². The second-order valence-electron chi connectivity index (χ2n) is 7.90. The van der Waals surface area contributed by atoms with Crippen LogP contribution in [0.5, 0.6) is 17.2 Å². The maximum Gasteiger partial charge on any atom is 0.340 e. The van der Waals surface area contributed by atoms with Crippen molar-refractivity contribution < 1.29 is 19.0 Å². The molecule has 2 aliphatic heterocycles. The van der Waals surface area contributed by atoms with Gasteiger partial charge in [-0.2, -0.15) is 0 Å². The van der Waals surface area contributed by atoms with E-state index < -0.39 is 5.60 Å². The first kappa shape index (κ1) is 19.7. The number of ether oxygens (including phenoxy) is 3. The molecule has 33 heavy (non-hydrogen) atoms. The summed E-state index contributed by atoms with van der Waals surface area (Å²) in [6, 6.07) is 26.3. The van der Waals surface area contributed by atoms with Gasteiger partial charge in [0, 0.05) is 33.5 Å². The van der Waals surface area contributed by atoms with Crippen molar-refractivity contribution in [2.45, 2.75) is 5.60 Å². The smallest absolute Gasteiger partial charge is 0.340 e. The molecule has 6 heteroatoms. The fourth-order valence-corrected chi connectivity index (χ4v) is 4.79. The molecule has 0 aliphatic carbocycles. The maximum absolute atomic E-state index is 12.9. The lowest BCUT2D eigenvalue weighted by molar-refractivity contribution is 0.0224. The van der Waals surface area contributed by atoms with Crippen LogP contribution in [0.15, 0.2) is 84.9 Å². The number of hydrogen-bond acceptors (Lipinski definition) is 5. The number of benzene rings is 4. The zero-order valence-electron chi connectivity index (χ0n) is 17.6. The number of halogens is 1. The highest BCUT2D eigenvalue weighted by atomic mass is 35.5. The molecule has 6 rings (SSSR count). The fraction of sp³-hybridized carbons (Fsp3) is 0.0741.